The van der Waals surface area contributed by atoms with E-state index in [1.54, 1.807) is 6.92 Å². The first-order valence-electron chi connectivity index (χ1n) is 5.18. The van der Waals surface area contributed by atoms with E-state index in [-0.39, 0.29) is 24.9 Å². The number of aliphatic hydroxyl groups is 2. The van der Waals surface area contributed by atoms with E-state index < -0.39 is 0 Å². The fourth-order valence-electron chi connectivity index (χ4n) is 1.04. The van der Waals surface area contributed by atoms with Gasteiger partial charge in [0.2, 0.25) is 0 Å². The van der Waals surface area contributed by atoms with E-state index in [2.05, 4.69) is 13.8 Å². The number of hydrogen-bond acceptors (Lipinski definition) is 4. The highest BCUT2D eigenvalue weighted by atomic mass is 16.3. The van der Waals surface area contributed by atoms with Gasteiger partial charge in [0.1, 0.15) is 0 Å². The monoisotopic (exact) mass is 208 g/mol. The molecule has 0 bridgehead atoms. The van der Waals surface area contributed by atoms with Crippen molar-refractivity contribution in [2.75, 3.05) is 6.61 Å². The highest BCUT2D eigenvalue weighted by Gasteiger charge is 2.11. The number of nitrogens with two attached hydrogens (primary N) is 1. The normalized spacial score (nSPS) is 13.3. The molecule has 90 valence electrons. The first-order valence-corrected chi connectivity index (χ1v) is 5.18. The van der Waals surface area contributed by atoms with Crippen molar-refractivity contribution in [2.45, 2.75) is 58.6 Å². The molecular formula is C10H28N2O2. The Balaban J connectivity index is -0.000000267. The molecule has 0 aromatic carbocycles. The average Bonchev–Trinajstić information content (AvgIpc) is 2.06. The van der Waals surface area contributed by atoms with Crippen molar-refractivity contribution in [1.82, 2.24) is 6.15 Å². The van der Waals surface area contributed by atoms with Crippen LogP contribution in [-0.2, 0) is 0 Å². The summed E-state index contributed by atoms with van der Waals surface area (Å²) in [6, 6.07) is -0.00931. The molecule has 0 aliphatic rings. The molecule has 2 unspecified atom stereocenters. The summed E-state index contributed by atoms with van der Waals surface area (Å²) in [6.45, 7) is 6.07. The molecule has 0 saturated heterocycles. The van der Waals surface area contributed by atoms with Crippen molar-refractivity contribution < 1.29 is 10.2 Å². The molecule has 0 aliphatic carbocycles. The molecular weight excluding hydrogens is 180 g/mol. The summed E-state index contributed by atoms with van der Waals surface area (Å²) in [5.74, 6) is 0. The van der Waals surface area contributed by atoms with Crippen molar-refractivity contribution in [1.29, 1.82) is 0 Å². The van der Waals surface area contributed by atoms with E-state index in [1.807, 2.05) is 0 Å². The predicted octanol–water partition coefficient (Wildman–Crippen LogP) is 1.44. The van der Waals surface area contributed by atoms with Gasteiger partial charge in [-0.05, 0) is 19.8 Å². The Morgan fingerprint density at radius 1 is 1.07 bits per heavy atom. The number of hydrogen-bond donors (Lipinski definition) is 4. The Hall–Kier alpha value is -0.160. The Labute approximate surface area is 88.1 Å². The van der Waals surface area contributed by atoms with Gasteiger partial charge < -0.3 is 22.1 Å². The zero-order chi connectivity index (χ0) is 10.7. The first-order chi connectivity index (χ1) is 6.13. The van der Waals surface area contributed by atoms with Gasteiger partial charge in [-0.3, -0.25) is 0 Å². The van der Waals surface area contributed by atoms with Crippen molar-refractivity contribution in [3.8, 4) is 0 Å². The smallest absolute Gasteiger partial charge is 0.0691 e. The summed E-state index contributed by atoms with van der Waals surface area (Å²) in [4.78, 5) is 0. The molecule has 0 amide bonds. The lowest BCUT2D eigenvalue weighted by molar-refractivity contribution is 0.130. The van der Waals surface area contributed by atoms with Crippen LogP contribution in [-0.4, -0.2) is 29.0 Å². The van der Waals surface area contributed by atoms with Crippen molar-refractivity contribution in [3.05, 3.63) is 0 Å². The molecule has 0 radical (unpaired) electrons. The second-order valence-electron chi connectivity index (χ2n) is 3.12. The maximum absolute atomic E-state index is 9.32. The average molecular weight is 208 g/mol. The predicted molar refractivity (Wildman–Crippen MR) is 61.6 cm³/mol. The lowest BCUT2D eigenvalue weighted by atomic mass is 10.0. The molecule has 0 aliphatic heterocycles. The Morgan fingerprint density at radius 3 is 1.71 bits per heavy atom. The van der Waals surface area contributed by atoms with E-state index >= 15 is 0 Å². The van der Waals surface area contributed by atoms with E-state index in [0.29, 0.717) is 0 Å². The lowest BCUT2D eigenvalue weighted by Crippen LogP contribution is -2.34. The highest BCUT2D eigenvalue weighted by Crippen LogP contribution is 2.04. The molecule has 2 atom stereocenters. The Morgan fingerprint density at radius 2 is 1.43 bits per heavy atom. The molecule has 0 rings (SSSR count). The fraction of sp³-hybridized carbons (Fsp3) is 1.00. The molecule has 0 saturated carbocycles. The Bertz CT molecular complexity index is 82.2. The molecule has 4 nitrogen and oxygen atoms in total. The largest absolute Gasteiger partial charge is 0.397 e. The third-order valence-electron chi connectivity index (χ3n) is 1.70. The van der Waals surface area contributed by atoms with Crippen molar-refractivity contribution in [3.63, 3.8) is 0 Å². The van der Waals surface area contributed by atoms with Crippen LogP contribution in [0.2, 0.25) is 0 Å². The van der Waals surface area contributed by atoms with Gasteiger partial charge in [-0.2, -0.15) is 0 Å². The van der Waals surface area contributed by atoms with E-state index in [0.717, 1.165) is 25.7 Å². The summed E-state index contributed by atoms with van der Waals surface area (Å²) >= 11 is 0. The molecule has 0 heterocycles. The summed E-state index contributed by atoms with van der Waals surface area (Å²) in [6.07, 6.45) is 3.55. The molecule has 0 spiro atoms. The molecule has 14 heavy (non-hydrogen) atoms. The minimum absolute atomic E-state index is 0. The minimum Gasteiger partial charge on any atom is -0.397 e. The van der Waals surface area contributed by atoms with Crippen LogP contribution in [0.3, 0.4) is 0 Å². The SMILES string of the molecule is CCCC(N)C(O)CCC.CCO.N. The van der Waals surface area contributed by atoms with Gasteiger partial charge in [0.05, 0.1) is 6.10 Å². The standard InChI is InChI=1S/C8H19NO.C2H6O.H3N/c1-3-5-7(9)8(10)6-4-2;1-2-3;/h7-8,10H,3-6,9H2,1-2H3;3H,2H2,1H3;1H3. The molecule has 4 heteroatoms. The molecule has 0 aromatic heterocycles. The van der Waals surface area contributed by atoms with Crippen LogP contribution < -0.4 is 11.9 Å². The van der Waals surface area contributed by atoms with Gasteiger partial charge in [-0.25, -0.2) is 0 Å². The van der Waals surface area contributed by atoms with Crippen LogP contribution in [0.1, 0.15) is 46.5 Å². The van der Waals surface area contributed by atoms with Gasteiger partial charge in [-0.1, -0.05) is 26.7 Å². The van der Waals surface area contributed by atoms with Crippen LogP contribution in [0.5, 0.6) is 0 Å². The van der Waals surface area contributed by atoms with Gasteiger partial charge in [0, 0.05) is 12.6 Å². The third kappa shape index (κ3) is 14.4. The van der Waals surface area contributed by atoms with Crippen molar-refractivity contribution in [2.24, 2.45) is 5.73 Å². The third-order valence-corrected chi connectivity index (χ3v) is 1.70. The van der Waals surface area contributed by atoms with Crippen LogP contribution in [0, 0.1) is 0 Å². The number of aliphatic hydroxyl groups excluding tert-OH is 2. The van der Waals surface area contributed by atoms with Crippen LogP contribution in [0.25, 0.3) is 0 Å². The highest BCUT2D eigenvalue weighted by molar-refractivity contribution is 4.69. The second-order valence-corrected chi connectivity index (χ2v) is 3.12. The fourth-order valence-corrected chi connectivity index (χ4v) is 1.04. The summed E-state index contributed by atoms with van der Waals surface area (Å²) in [5, 5.41) is 16.9. The molecule has 7 N–H and O–H groups in total. The molecule has 0 fully saturated rings. The van der Waals surface area contributed by atoms with E-state index in [4.69, 9.17) is 10.8 Å². The second kappa shape index (κ2) is 15.3. The zero-order valence-electron chi connectivity index (χ0n) is 9.87. The van der Waals surface area contributed by atoms with Crippen molar-refractivity contribution >= 4 is 0 Å². The maximum atomic E-state index is 9.32. The van der Waals surface area contributed by atoms with Crippen LogP contribution in [0.15, 0.2) is 0 Å². The summed E-state index contributed by atoms with van der Waals surface area (Å²) < 4.78 is 0. The maximum Gasteiger partial charge on any atom is 0.0691 e. The van der Waals surface area contributed by atoms with E-state index in [1.165, 1.54) is 0 Å². The zero-order valence-corrected chi connectivity index (χ0v) is 9.87. The quantitative estimate of drug-likeness (QED) is 0.549. The lowest BCUT2D eigenvalue weighted by Gasteiger charge is -2.16. The number of rotatable bonds is 5. The van der Waals surface area contributed by atoms with E-state index in [9.17, 15) is 5.11 Å². The van der Waals surface area contributed by atoms with Gasteiger partial charge in [-0.15, -0.1) is 0 Å². The summed E-state index contributed by atoms with van der Waals surface area (Å²) in [5.41, 5.74) is 5.66. The summed E-state index contributed by atoms with van der Waals surface area (Å²) in [7, 11) is 0. The molecule has 0 aromatic rings. The Kier molecular flexibility index (Phi) is 21.2. The van der Waals surface area contributed by atoms with Crippen LogP contribution >= 0.6 is 0 Å². The first kappa shape index (κ1) is 19.4. The minimum atomic E-state index is -0.287. The topological polar surface area (TPSA) is 101 Å². The van der Waals surface area contributed by atoms with Gasteiger partial charge in [0.15, 0.2) is 0 Å². The van der Waals surface area contributed by atoms with Crippen LogP contribution in [0.4, 0.5) is 0 Å². The van der Waals surface area contributed by atoms with Gasteiger partial charge >= 0.3 is 0 Å². The van der Waals surface area contributed by atoms with Gasteiger partial charge in [0.25, 0.3) is 0 Å².